The van der Waals surface area contributed by atoms with Crippen molar-refractivity contribution in [2.24, 2.45) is 5.10 Å². The second-order valence-corrected chi connectivity index (χ2v) is 5.14. The summed E-state index contributed by atoms with van der Waals surface area (Å²) in [4.78, 5) is 8.59. The predicted octanol–water partition coefficient (Wildman–Crippen LogP) is 2.70. The summed E-state index contributed by atoms with van der Waals surface area (Å²) in [7, 11) is 0. The maximum Gasteiger partial charge on any atom is 0.243 e. The Morgan fingerprint density at radius 3 is 2.45 bits per heavy atom. The first-order chi connectivity index (χ1) is 10.6. The molecule has 0 bridgehead atoms. The third kappa shape index (κ3) is 3.16. The normalized spacial score (nSPS) is 13.9. The van der Waals surface area contributed by atoms with E-state index in [1.807, 2.05) is 45.0 Å². The highest BCUT2D eigenvalue weighted by atomic mass is 16.6. The van der Waals surface area contributed by atoms with Crippen LogP contribution in [0.2, 0.25) is 0 Å². The van der Waals surface area contributed by atoms with E-state index in [0.717, 1.165) is 34.2 Å². The number of aryl methyl sites for hydroxylation is 2. The topological polar surface area (TPSA) is 68.6 Å². The molecule has 1 aromatic heterocycles. The number of fused-ring (bicyclic) bond motifs is 1. The van der Waals surface area contributed by atoms with Crippen molar-refractivity contribution < 1.29 is 9.47 Å². The number of anilines is 1. The van der Waals surface area contributed by atoms with Crippen molar-refractivity contribution in [2.75, 3.05) is 18.6 Å². The number of rotatable bonds is 3. The number of hydrogen-bond acceptors (Lipinski definition) is 6. The first-order valence-corrected chi connectivity index (χ1v) is 7.14. The Morgan fingerprint density at radius 1 is 1.05 bits per heavy atom. The molecular formula is C16H18N4O2. The molecule has 1 aromatic carbocycles. The molecule has 0 radical (unpaired) electrons. The monoisotopic (exact) mass is 298 g/mol. The van der Waals surface area contributed by atoms with Gasteiger partial charge in [-0.3, -0.25) is 0 Å². The molecule has 0 saturated carbocycles. The number of benzene rings is 1. The van der Waals surface area contributed by atoms with E-state index in [1.54, 1.807) is 0 Å². The van der Waals surface area contributed by atoms with Crippen molar-refractivity contribution in [1.82, 2.24) is 9.97 Å². The fourth-order valence-electron chi connectivity index (χ4n) is 2.24. The molecule has 2 heterocycles. The summed E-state index contributed by atoms with van der Waals surface area (Å²) in [5, 5.41) is 4.34. The van der Waals surface area contributed by atoms with Crippen molar-refractivity contribution in [3.8, 4) is 11.5 Å². The smallest absolute Gasteiger partial charge is 0.243 e. The van der Waals surface area contributed by atoms with E-state index in [2.05, 4.69) is 20.5 Å². The Bertz CT molecular complexity index is 708. The molecule has 3 rings (SSSR count). The minimum absolute atomic E-state index is 0.495. The molecule has 114 valence electrons. The molecular weight excluding hydrogens is 280 g/mol. The molecule has 0 saturated heterocycles. The maximum atomic E-state index is 5.58. The zero-order valence-electron chi connectivity index (χ0n) is 12.9. The number of aromatic nitrogens is 2. The van der Waals surface area contributed by atoms with Gasteiger partial charge in [0.2, 0.25) is 5.95 Å². The van der Waals surface area contributed by atoms with E-state index >= 15 is 0 Å². The summed E-state index contributed by atoms with van der Waals surface area (Å²) < 4.78 is 11.1. The van der Waals surface area contributed by atoms with E-state index in [9.17, 15) is 0 Å². The molecule has 22 heavy (non-hydrogen) atoms. The second-order valence-electron chi connectivity index (χ2n) is 5.14. The van der Waals surface area contributed by atoms with Crippen molar-refractivity contribution in [3.05, 3.63) is 41.2 Å². The lowest BCUT2D eigenvalue weighted by atomic mass is 10.1. The van der Waals surface area contributed by atoms with Gasteiger partial charge in [-0.1, -0.05) is 0 Å². The highest BCUT2D eigenvalue weighted by Crippen LogP contribution is 2.30. The van der Waals surface area contributed by atoms with Gasteiger partial charge in [0.05, 0.1) is 5.71 Å². The third-order valence-corrected chi connectivity index (χ3v) is 3.27. The third-order valence-electron chi connectivity index (χ3n) is 3.27. The number of ether oxygens (including phenoxy) is 2. The molecule has 6 heteroatoms. The zero-order valence-corrected chi connectivity index (χ0v) is 12.9. The van der Waals surface area contributed by atoms with Gasteiger partial charge in [-0.05, 0) is 45.0 Å². The van der Waals surface area contributed by atoms with Gasteiger partial charge in [-0.15, -0.1) is 0 Å². The standard InChI is InChI=1S/C16H18N4O2/c1-10-8-11(2)18-16(17-10)20-19-12(3)13-4-5-14-15(9-13)22-7-6-21-14/h4-5,8-9H,6-7H2,1-3H3,(H,17,18,20)/b19-12+. The Hall–Kier alpha value is -2.63. The molecule has 0 unspecified atom stereocenters. The Kier molecular flexibility index (Phi) is 3.91. The van der Waals surface area contributed by atoms with E-state index in [4.69, 9.17) is 9.47 Å². The van der Waals surface area contributed by atoms with Gasteiger partial charge in [-0.25, -0.2) is 15.4 Å². The lowest BCUT2D eigenvalue weighted by molar-refractivity contribution is 0.171. The van der Waals surface area contributed by atoms with Crippen LogP contribution in [0.25, 0.3) is 0 Å². The van der Waals surface area contributed by atoms with E-state index in [0.29, 0.717) is 19.2 Å². The second kappa shape index (κ2) is 6.01. The van der Waals surface area contributed by atoms with Crippen LogP contribution in [-0.2, 0) is 0 Å². The molecule has 1 N–H and O–H groups in total. The van der Waals surface area contributed by atoms with Crippen molar-refractivity contribution >= 4 is 11.7 Å². The van der Waals surface area contributed by atoms with Crippen LogP contribution in [-0.4, -0.2) is 28.9 Å². The highest BCUT2D eigenvalue weighted by molar-refractivity contribution is 5.99. The van der Waals surface area contributed by atoms with Gasteiger partial charge in [0.15, 0.2) is 11.5 Å². The number of nitrogens with one attached hydrogen (secondary N) is 1. The Labute approximate surface area is 129 Å². The molecule has 1 aliphatic heterocycles. The van der Waals surface area contributed by atoms with E-state index in [-0.39, 0.29) is 0 Å². The summed E-state index contributed by atoms with van der Waals surface area (Å²) >= 11 is 0. The molecule has 1 aliphatic rings. The molecule has 6 nitrogen and oxygen atoms in total. The summed E-state index contributed by atoms with van der Waals surface area (Å²) in [5.74, 6) is 2.02. The van der Waals surface area contributed by atoms with Gasteiger partial charge in [0, 0.05) is 17.0 Å². The van der Waals surface area contributed by atoms with Crippen LogP contribution >= 0.6 is 0 Å². The molecule has 0 amide bonds. The van der Waals surface area contributed by atoms with E-state index < -0.39 is 0 Å². The largest absolute Gasteiger partial charge is 0.486 e. The first-order valence-electron chi connectivity index (χ1n) is 7.14. The summed E-state index contributed by atoms with van der Waals surface area (Å²) in [6, 6.07) is 7.70. The lowest BCUT2D eigenvalue weighted by Crippen LogP contribution is -2.15. The molecule has 2 aromatic rings. The van der Waals surface area contributed by atoms with Gasteiger partial charge < -0.3 is 9.47 Å². The fraction of sp³-hybridized carbons (Fsp3) is 0.312. The summed E-state index contributed by atoms with van der Waals surface area (Å²) in [5.41, 5.74) is 6.49. The minimum atomic E-state index is 0.495. The lowest BCUT2D eigenvalue weighted by Gasteiger charge is -2.18. The van der Waals surface area contributed by atoms with E-state index in [1.165, 1.54) is 0 Å². The van der Waals surface area contributed by atoms with Gasteiger partial charge in [0.1, 0.15) is 13.2 Å². The fourth-order valence-corrected chi connectivity index (χ4v) is 2.24. The van der Waals surface area contributed by atoms with Crippen LogP contribution in [0.3, 0.4) is 0 Å². The average molecular weight is 298 g/mol. The van der Waals surface area contributed by atoms with Crippen molar-refractivity contribution in [3.63, 3.8) is 0 Å². The molecule has 0 fully saturated rings. The predicted molar refractivity (Wildman–Crippen MR) is 84.8 cm³/mol. The minimum Gasteiger partial charge on any atom is -0.486 e. The van der Waals surface area contributed by atoms with Crippen LogP contribution < -0.4 is 14.9 Å². The van der Waals surface area contributed by atoms with Gasteiger partial charge >= 0.3 is 0 Å². The van der Waals surface area contributed by atoms with Crippen LogP contribution in [0, 0.1) is 13.8 Å². The molecule has 0 aliphatic carbocycles. The highest BCUT2D eigenvalue weighted by Gasteiger charge is 2.12. The summed E-state index contributed by atoms with van der Waals surface area (Å²) in [6.45, 7) is 6.93. The molecule has 0 atom stereocenters. The van der Waals surface area contributed by atoms with Gasteiger partial charge in [-0.2, -0.15) is 5.10 Å². The van der Waals surface area contributed by atoms with Crippen LogP contribution in [0.1, 0.15) is 23.9 Å². The zero-order chi connectivity index (χ0) is 15.5. The molecule has 0 spiro atoms. The Morgan fingerprint density at radius 2 is 1.73 bits per heavy atom. The Balaban J connectivity index is 1.79. The first kappa shape index (κ1) is 14.3. The van der Waals surface area contributed by atoms with Crippen LogP contribution in [0.15, 0.2) is 29.4 Å². The SMILES string of the molecule is C/C(=N\Nc1nc(C)cc(C)n1)c1ccc2c(c1)OCCO2. The number of hydrogen-bond donors (Lipinski definition) is 1. The van der Waals surface area contributed by atoms with Crippen molar-refractivity contribution in [1.29, 1.82) is 0 Å². The van der Waals surface area contributed by atoms with Crippen LogP contribution in [0.4, 0.5) is 5.95 Å². The number of hydrazone groups is 1. The summed E-state index contributed by atoms with van der Waals surface area (Å²) in [6.07, 6.45) is 0. The van der Waals surface area contributed by atoms with Crippen molar-refractivity contribution in [2.45, 2.75) is 20.8 Å². The maximum absolute atomic E-state index is 5.58. The average Bonchev–Trinajstić information content (AvgIpc) is 2.51. The quantitative estimate of drug-likeness (QED) is 0.697. The van der Waals surface area contributed by atoms with Gasteiger partial charge in [0.25, 0.3) is 0 Å². The van der Waals surface area contributed by atoms with Crippen LogP contribution in [0.5, 0.6) is 11.5 Å². The number of nitrogens with zero attached hydrogens (tertiary/aromatic N) is 3.